The Morgan fingerprint density at radius 3 is 2.00 bits per heavy atom. The predicted molar refractivity (Wildman–Crippen MR) is 181 cm³/mol. The van der Waals surface area contributed by atoms with Crippen LogP contribution in [0.5, 0.6) is 0 Å². The highest BCUT2D eigenvalue weighted by molar-refractivity contribution is 7.92. The number of halogens is 3. The van der Waals surface area contributed by atoms with E-state index < -0.39 is 28.5 Å². The SMILES string of the molecule is CC[C@H](C)NC(=O)[C@H](Cc1ccccc1)N(Cc1ccccc1Cl)C(=O)CN(c1cc(Cl)cc(Cl)c1)S(=O)(=O)c1ccccc1. The van der Waals surface area contributed by atoms with Crippen LogP contribution in [-0.4, -0.2) is 43.8 Å². The van der Waals surface area contributed by atoms with E-state index in [1.165, 1.54) is 35.2 Å². The molecule has 4 rings (SSSR count). The lowest BCUT2D eigenvalue weighted by Crippen LogP contribution is -2.54. The average Bonchev–Trinajstić information content (AvgIpc) is 3.02. The zero-order valence-electron chi connectivity index (χ0n) is 24.9. The van der Waals surface area contributed by atoms with Gasteiger partial charge in [-0.3, -0.25) is 13.9 Å². The van der Waals surface area contributed by atoms with Gasteiger partial charge in [-0.05, 0) is 60.9 Å². The zero-order valence-corrected chi connectivity index (χ0v) is 28.0. The van der Waals surface area contributed by atoms with Crippen LogP contribution in [-0.2, 0) is 32.6 Å². The van der Waals surface area contributed by atoms with E-state index in [1.54, 1.807) is 42.5 Å². The summed E-state index contributed by atoms with van der Waals surface area (Å²) in [4.78, 5) is 29.8. The molecule has 0 unspecified atom stereocenters. The van der Waals surface area contributed by atoms with Gasteiger partial charge in [0, 0.05) is 34.1 Å². The molecule has 45 heavy (non-hydrogen) atoms. The number of sulfonamides is 1. The Hall–Kier alpha value is -3.56. The molecule has 236 valence electrons. The first kappa shape index (κ1) is 34.3. The maximum atomic E-state index is 14.5. The summed E-state index contributed by atoms with van der Waals surface area (Å²) >= 11 is 19.1. The van der Waals surface area contributed by atoms with Crippen LogP contribution in [0.2, 0.25) is 15.1 Å². The van der Waals surface area contributed by atoms with Gasteiger partial charge in [-0.15, -0.1) is 0 Å². The first-order valence-corrected chi connectivity index (χ1v) is 17.0. The first-order chi connectivity index (χ1) is 21.5. The second kappa shape index (κ2) is 15.6. The van der Waals surface area contributed by atoms with E-state index in [2.05, 4.69) is 5.32 Å². The molecule has 4 aromatic carbocycles. The van der Waals surface area contributed by atoms with Crippen LogP contribution in [0.1, 0.15) is 31.4 Å². The van der Waals surface area contributed by atoms with Crippen LogP contribution in [0.25, 0.3) is 0 Å². The minimum atomic E-state index is -4.28. The molecule has 0 aliphatic heterocycles. The minimum absolute atomic E-state index is 0.0260. The maximum absolute atomic E-state index is 14.5. The number of hydrogen-bond donors (Lipinski definition) is 1. The van der Waals surface area contributed by atoms with Crippen molar-refractivity contribution < 1.29 is 18.0 Å². The Balaban J connectivity index is 1.83. The maximum Gasteiger partial charge on any atom is 0.264 e. The summed E-state index contributed by atoms with van der Waals surface area (Å²) in [6, 6.07) is 27.3. The summed E-state index contributed by atoms with van der Waals surface area (Å²) in [7, 11) is -4.28. The number of hydrogen-bond acceptors (Lipinski definition) is 4. The van der Waals surface area contributed by atoms with E-state index in [4.69, 9.17) is 34.8 Å². The molecule has 0 spiro atoms. The molecule has 0 radical (unpaired) electrons. The molecule has 2 amide bonds. The van der Waals surface area contributed by atoms with E-state index in [9.17, 15) is 18.0 Å². The van der Waals surface area contributed by atoms with Gasteiger partial charge in [-0.25, -0.2) is 8.42 Å². The van der Waals surface area contributed by atoms with E-state index in [0.29, 0.717) is 17.0 Å². The van der Waals surface area contributed by atoms with Crippen molar-refractivity contribution >= 4 is 62.3 Å². The highest BCUT2D eigenvalue weighted by Gasteiger charge is 2.35. The van der Waals surface area contributed by atoms with Crippen molar-refractivity contribution in [2.45, 2.75) is 50.2 Å². The molecule has 1 N–H and O–H groups in total. The summed E-state index contributed by atoms with van der Waals surface area (Å²) in [6.07, 6.45) is 0.870. The molecule has 0 aliphatic carbocycles. The number of amides is 2. The highest BCUT2D eigenvalue weighted by atomic mass is 35.5. The monoisotopic (exact) mass is 685 g/mol. The van der Waals surface area contributed by atoms with Crippen LogP contribution in [0.3, 0.4) is 0 Å². The van der Waals surface area contributed by atoms with Crippen LogP contribution < -0.4 is 9.62 Å². The number of carbonyl (C=O) groups is 2. The summed E-state index contributed by atoms with van der Waals surface area (Å²) in [5.74, 6) is -0.984. The molecule has 0 aromatic heterocycles. The third-order valence-corrected chi connectivity index (χ3v) is 9.91. The van der Waals surface area contributed by atoms with E-state index >= 15 is 0 Å². The Labute approximate surface area is 279 Å². The van der Waals surface area contributed by atoms with Crippen LogP contribution >= 0.6 is 34.8 Å². The van der Waals surface area contributed by atoms with E-state index in [-0.39, 0.29) is 45.5 Å². The van der Waals surface area contributed by atoms with Gasteiger partial charge in [0.25, 0.3) is 10.0 Å². The quantitative estimate of drug-likeness (QED) is 0.159. The van der Waals surface area contributed by atoms with Gasteiger partial charge in [-0.2, -0.15) is 0 Å². The molecule has 0 bridgehead atoms. The van der Waals surface area contributed by atoms with Crippen molar-refractivity contribution in [3.8, 4) is 0 Å². The average molecular weight is 687 g/mol. The third kappa shape index (κ3) is 9.01. The second-order valence-electron chi connectivity index (χ2n) is 10.6. The second-order valence-corrected chi connectivity index (χ2v) is 13.7. The normalized spacial score (nSPS) is 12.6. The highest BCUT2D eigenvalue weighted by Crippen LogP contribution is 2.30. The lowest BCUT2D eigenvalue weighted by molar-refractivity contribution is -0.140. The number of benzene rings is 4. The molecular weight excluding hydrogens is 653 g/mol. The standard InChI is InChI=1S/C34H34Cl3N3O4S/c1-3-24(2)38-34(42)32(18-25-12-6-4-7-13-25)39(22-26-14-10-11-17-31(26)37)33(41)23-40(29-20-27(35)19-28(36)21-29)45(43,44)30-15-8-5-9-16-30/h4-17,19-21,24,32H,3,18,22-23H2,1-2H3,(H,38,42)/t24-,32-/m0/s1. The molecule has 4 aromatic rings. The minimum Gasteiger partial charge on any atom is -0.352 e. The van der Waals surface area contributed by atoms with E-state index in [1.807, 2.05) is 44.2 Å². The smallest absolute Gasteiger partial charge is 0.264 e. The summed E-state index contributed by atoms with van der Waals surface area (Å²) in [5, 5.41) is 3.81. The number of nitrogens with one attached hydrogen (secondary N) is 1. The fourth-order valence-electron chi connectivity index (χ4n) is 4.74. The lowest BCUT2D eigenvalue weighted by atomic mass is 10.0. The Morgan fingerprint density at radius 2 is 1.40 bits per heavy atom. The van der Waals surface area contributed by atoms with Gasteiger partial charge in [0.2, 0.25) is 11.8 Å². The molecule has 7 nitrogen and oxygen atoms in total. The molecule has 0 fully saturated rings. The van der Waals surface area contributed by atoms with Gasteiger partial charge in [0.15, 0.2) is 0 Å². The predicted octanol–water partition coefficient (Wildman–Crippen LogP) is 7.40. The summed E-state index contributed by atoms with van der Waals surface area (Å²) in [6.45, 7) is 3.15. The van der Waals surface area contributed by atoms with Crippen molar-refractivity contribution in [2.75, 3.05) is 10.8 Å². The Bertz CT molecular complexity index is 1700. The van der Waals surface area contributed by atoms with Crippen LogP contribution in [0.4, 0.5) is 5.69 Å². The number of rotatable bonds is 13. The summed E-state index contributed by atoms with van der Waals surface area (Å²) < 4.78 is 29.1. The summed E-state index contributed by atoms with van der Waals surface area (Å²) in [5.41, 5.74) is 1.53. The van der Waals surface area contributed by atoms with Crippen molar-refractivity contribution in [3.63, 3.8) is 0 Å². The third-order valence-electron chi connectivity index (χ3n) is 7.32. The van der Waals surface area contributed by atoms with Gasteiger partial charge in [-0.1, -0.05) is 108 Å². The van der Waals surface area contributed by atoms with Crippen molar-refractivity contribution in [3.05, 3.63) is 129 Å². The van der Waals surface area contributed by atoms with E-state index in [0.717, 1.165) is 9.87 Å². The van der Waals surface area contributed by atoms with Crippen molar-refractivity contribution in [1.82, 2.24) is 10.2 Å². The lowest BCUT2D eigenvalue weighted by Gasteiger charge is -2.34. The van der Waals surface area contributed by atoms with Gasteiger partial charge < -0.3 is 10.2 Å². The molecular formula is C34H34Cl3N3O4S. The molecule has 0 saturated heterocycles. The Morgan fingerprint density at radius 1 is 0.822 bits per heavy atom. The van der Waals surface area contributed by atoms with Crippen molar-refractivity contribution in [2.24, 2.45) is 0 Å². The molecule has 2 atom stereocenters. The molecule has 0 saturated carbocycles. The van der Waals surface area contributed by atoms with Crippen molar-refractivity contribution in [1.29, 1.82) is 0 Å². The van der Waals surface area contributed by atoms with Gasteiger partial charge in [0.1, 0.15) is 12.6 Å². The zero-order chi connectivity index (χ0) is 32.6. The Kier molecular flexibility index (Phi) is 11.9. The van der Waals surface area contributed by atoms with Crippen LogP contribution in [0, 0.1) is 0 Å². The van der Waals surface area contributed by atoms with Gasteiger partial charge >= 0.3 is 0 Å². The number of nitrogens with zero attached hydrogens (tertiary/aromatic N) is 2. The number of carbonyl (C=O) groups excluding carboxylic acids is 2. The number of anilines is 1. The fourth-order valence-corrected chi connectivity index (χ4v) is 6.87. The molecule has 0 heterocycles. The van der Waals surface area contributed by atoms with Crippen LogP contribution in [0.15, 0.2) is 108 Å². The molecule has 0 aliphatic rings. The largest absolute Gasteiger partial charge is 0.352 e. The topological polar surface area (TPSA) is 86.8 Å². The first-order valence-electron chi connectivity index (χ1n) is 14.4. The molecule has 11 heteroatoms. The fraction of sp³-hybridized carbons (Fsp3) is 0.235. The van der Waals surface area contributed by atoms with Gasteiger partial charge in [0.05, 0.1) is 10.6 Å².